The van der Waals surface area contributed by atoms with Gasteiger partial charge >= 0.3 is 0 Å². The second-order valence-electron chi connectivity index (χ2n) is 5.38. The number of piperidine rings is 1. The molecular weight excluding hydrogens is 330 g/mol. The number of rotatable bonds is 4. The maximum absolute atomic E-state index is 12.5. The highest BCUT2D eigenvalue weighted by Crippen LogP contribution is 2.27. The van der Waals surface area contributed by atoms with Gasteiger partial charge in [0.25, 0.3) is 5.69 Å². The van der Waals surface area contributed by atoms with Gasteiger partial charge in [0, 0.05) is 18.7 Å². The Morgan fingerprint density at radius 2 is 2.09 bits per heavy atom. The first-order valence-electron chi connectivity index (χ1n) is 6.80. The Hall–Kier alpha value is -1.22. The minimum Gasteiger partial charge on any atom is -0.315 e. The van der Waals surface area contributed by atoms with Gasteiger partial charge < -0.3 is 5.32 Å². The highest BCUT2D eigenvalue weighted by atomic mass is 35.5. The monoisotopic (exact) mass is 349 g/mol. The molecule has 2 rings (SSSR count). The fraction of sp³-hybridized carbons (Fsp3) is 0.538. The van der Waals surface area contributed by atoms with Crippen molar-refractivity contribution >= 4 is 28.1 Å². The van der Waals surface area contributed by atoms with Crippen LogP contribution in [0.2, 0.25) is 0 Å². The van der Waals surface area contributed by atoms with Gasteiger partial charge in [-0.05, 0) is 31.4 Å². The number of aryl methyl sites for hydroxylation is 1. The number of halogens is 1. The number of nitrogens with one attached hydrogen (secondary N) is 2. The molecule has 1 heterocycles. The fourth-order valence-electron chi connectivity index (χ4n) is 2.54. The van der Waals surface area contributed by atoms with Gasteiger partial charge in [0.1, 0.15) is 0 Å². The number of hydrogen-bond acceptors (Lipinski definition) is 5. The number of hydrogen-bond donors (Lipinski definition) is 2. The molecule has 1 fully saturated rings. The van der Waals surface area contributed by atoms with Crippen molar-refractivity contribution in [3.8, 4) is 0 Å². The molecule has 2 atom stereocenters. The van der Waals surface area contributed by atoms with E-state index in [1.807, 2.05) is 6.92 Å². The van der Waals surface area contributed by atoms with Crippen LogP contribution in [-0.2, 0) is 10.0 Å². The Bertz CT molecular complexity index is 651. The summed E-state index contributed by atoms with van der Waals surface area (Å²) in [6.45, 7) is 4.91. The van der Waals surface area contributed by atoms with Gasteiger partial charge in [0.05, 0.1) is 4.92 Å². The molecule has 9 heteroatoms. The highest BCUT2D eigenvalue weighted by Gasteiger charge is 2.32. The minimum absolute atomic E-state index is 0. The van der Waals surface area contributed by atoms with Crippen LogP contribution in [0.15, 0.2) is 23.1 Å². The molecular formula is C13H20ClN3O4S. The summed E-state index contributed by atoms with van der Waals surface area (Å²) in [6, 6.07) is 3.99. The molecule has 1 aromatic rings. The van der Waals surface area contributed by atoms with Crippen LogP contribution in [0.3, 0.4) is 0 Å². The minimum atomic E-state index is -3.93. The van der Waals surface area contributed by atoms with Crippen LogP contribution in [0.25, 0.3) is 0 Å². The normalized spacial score (nSPS) is 21.9. The van der Waals surface area contributed by atoms with E-state index in [2.05, 4.69) is 10.0 Å². The van der Waals surface area contributed by atoms with Crippen molar-refractivity contribution < 1.29 is 13.3 Å². The van der Waals surface area contributed by atoms with E-state index in [-0.39, 0.29) is 34.9 Å². The fourth-order valence-corrected chi connectivity index (χ4v) is 4.28. The van der Waals surface area contributed by atoms with Crippen molar-refractivity contribution in [1.82, 2.24) is 10.0 Å². The molecule has 0 amide bonds. The Balaban J connectivity index is 0.00000242. The van der Waals surface area contributed by atoms with Crippen LogP contribution in [-0.4, -0.2) is 32.5 Å². The van der Waals surface area contributed by atoms with Crippen molar-refractivity contribution in [2.45, 2.75) is 31.2 Å². The van der Waals surface area contributed by atoms with Crippen molar-refractivity contribution in [3.63, 3.8) is 0 Å². The smallest absolute Gasteiger partial charge is 0.289 e. The first kappa shape index (κ1) is 18.8. The highest BCUT2D eigenvalue weighted by molar-refractivity contribution is 7.89. The van der Waals surface area contributed by atoms with E-state index in [0.717, 1.165) is 13.0 Å². The van der Waals surface area contributed by atoms with E-state index in [4.69, 9.17) is 0 Å². The lowest BCUT2D eigenvalue weighted by atomic mass is 9.96. The molecule has 7 nitrogen and oxygen atoms in total. The Labute approximate surface area is 136 Å². The Morgan fingerprint density at radius 3 is 2.68 bits per heavy atom. The summed E-state index contributed by atoms with van der Waals surface area (Å²) in [5.74, 6) is 0.184. The first-order valence-corrected chi connectivity index (χ1v) is 8.28. The third-order valence-corrected chi connectivity index (χ3v) is 5.47. The molecule has 22 heavy (non-hydrogen) atoms. The molecule has 0 radical (unpaired) electrons. The largest absolute Gasteiger partial charge is 0.315 e. The van der Waals surface area contributed by atoms with Crippen molar-refractivity contribution in [2.75, 3.05) is 13.1 Å². The predicted molar refractivity (Wildman–Crippen MR) is 85.8 cm³/mol. The van der Waals surface area contributed by atoms with Gasteiger partial charge in [-0.2, -0.15) is 0 Å². The lowest BCUT2D eigenvalue weighted by Gasteiger charge is -2.30. The van der Waals surface area contributed by atoms with E-state index < -0.39 is 14.9 Å². The van der Waals surface area contributed by atoms with E-state index in [1.54, 1.807) is 13.0 Å². The first-order chi connectivity index (χ1) is 9.83. The molecule has 0 saturated carbocycles. The van der Waals surface area contributed by atoms with Crippen LogP contribution in [0.5, 0.6) is 0 Å². The number of nitro groups is 1. The molecule has 1 aliphatic rings. The lowest BCUT2D eigenvalue weighted by Crippen LogP contribution is -2.50. The van der Waals surface area contributed by atoms with Crippen LogP contribution >= 0.6 is 12.4 Å². The molecule has 124 valence electrons. The maximum atomic E-state index is 12.5. The molecule has 0 spiro atoms. The van der Waals surface area contributed by atoms with E-state index in [1.165, 1.54) is 12.1 Å². The number of benzene rings is 1. The zero-order valence-electron chi connectivity index (χ0n) is 12.4. The molecule has 1 aliphatic heterocycles. The van der Waals surface area contributed by atoms with E-state index in [0.29, 0.717) is 12.1 Å². The lowest BCUT2D eigenvalue weighted by molar-refractivity contribution is -0.387. The number of nitrogens with zero attached hydrogens (tertiary/aromatic N) is 1. The topological polar surface area (TPSA) is 101 Å². The summed E-state index contributed by atoms with van der Waals surface area (Å²) < 4.78 is 27.7. The van der Waals surface area contributed by atoms with Gasteiger partial charge in [-0.15, -0.1) is 12.4 Å². The summed E-state index contributed by atoms with van der Waals surface area (Å²) in [4.78, 5) is 10.2. The number of sulfonamides is 1. The van der Waals surface area contributed by atoms with Crippen molar-refractivity contribution in [2.24, 2.45) is 5.92 Å². The van der Waals surface area contributed by atoms with Crippen LogP contribution < -0.4 is 10.0 Å². The van der Waals surface area contributed by atoms with Gasteiger partial charge in [-0.1, -0.05) is 19.1 Å². The van der Waals surface area contributed by atoms with Gasteiger partial charge in [0.15, 0.2) is 4.90 Å². The third kappa shape index (κ3) is 3.95. The summed E-state index contributed by atoms with van der Waals surface area (Å²) >= 11 is 0. The summed E-state index contributed by atoms with van der Waals surface area (Å²) in [7, 11) is -3.93. The molecule has 0 aliphatic carbocycles. The average Bonchev–Trinajstić information content (AvgIpc) is 2.40. The average molecular weight is 350 g/mol. The summed E-state index contributed by atoms with van der Waals surface area (Å²) in [6.07, 6.45) is 0.864. The second-order valence-corrected chi connectivity index (χ2v) is 7.03. The molecule has 2 N–H and O–H groups in total. The number of nitro benzene ring substituents is 1. The SMILES string of the molecule is Cc1cccc([N+](=O)[O-])c1S(=O)(=O)NC1CNCCC1C.Cl. The maximum Gasteiger partial charge on any atom is 0.289 e. The molecule has 1 saturated heterocycles. The third-order valence-electron chi connectivity index (χ3n) is 3.79. The predicted octanol–water partition coefficient (Wildman–Crippen LogP) is 1.60. The molecule has 1 aromatic carbocycles. The molecule has 0 aromatic heterocycles. The van der Waals surface area contributed by atoms with E-state index >= 15 is 0 Å². The van der Waals surface area contributed by atoms with Gasteiger partial charge in [-0.3, -0.25) is 10.1 Å². The summed E-state index contributed by atoms with van der Waals surface area (Å²) in [5, 5.41) is 14.2. The molecule has 0 bridgehead atoms. The Kier molecular flexibility index (Phi) is 6.30. The van der Waals surface area contributed by atoms with E-state index in [9.17, 15) is 18.5 Å². The zero-order chi connectivity index (χ0) is 15.6. The van der Waals surface area contributed by atoms with Gasteiger partial charge in [0.2, 0.25) is 10.0 Å². The van der Waals surface area contributed by atoms with Gasteiger partial charge in [-0.25, -0.2) is 13.1 Å². The van der Waals surface area contributed by atoms with Crippen molar-refractivity contribution in [1.29, 1.82) is 0 Å². The van der Waals surface area contributed by atoms with Crippen molar-refractivity contribution in [3.05, 3.63) is 33.9 Å². The van der Waals surface area contributed by atoms with Crippen LogP contribution in [0, 0.1) is 23.0 Å². The Morgan fingerprint density at radius 1 is 1.41 bits per heavy atom. The zero-order valence-corrected chi connectivity index (χ0v) is 14.0. The van der Waals surface area contributed by atoms with Crippen LogP contribution in [0.4, 0.5) is 5.69 Å². The second kappa shape index (κ2) is 7.36. The quantitative estimate of drug-likeness (QED) is 0.635. The molecule has 2 unspecified atom stereocenters. The standard InChI is InChI=1S/C13H19N3O4S.ClH/c1-9-6-7-14-8-11(9)15-21(19,20)13-10(2)4-3-5-12(13)16(17)18;/h3-5,9,11,14-15H,6-8H2,1-2H3;1H. The van der Waals surface area contributed by atoms with Crippen LogP contribution in [0.1, 0.15) is 18.9 Å². The summed E-state index contributed by atoms with van der Waals surface area (Å²) in [5.41, 5.74) is -0.0213.